The molecule has 1 rings (SSSR count). The van der Waals surface area contributed by atoms with Crippen LogP contribution in [0.5, 0.6) is 0 Å². The quantitative estimate of drug-likeness (QED) is 0.767. The summed E-state index contributed by atoms with van der Waals surface area (Å²) in [6, 6.07) is 4.13. The molecule has 13 heavy (non-hydrogen) atoms. The van der Waals surface area contributed by atoms with Gasteiger partial charge in [0.1, 0.15) is 0 Å². The van der Waals surface area contributed by atoms with Crippen molar-refractivity contribution in [3.05, 3.63) is 35.3 Å². The first-order valence-electron chi connectivity index (χ1n) is 4.61. The molecule has 0 bridgehead atoms. The predicted octanol–water partition coefficient (Wildman–Crippen LogP) is 2.35. The smallest absolute Gasteiger partial charge is 0.0649 e. The largest absolute Gasteiger partial charge is 0.402 e. The maximum absolute atomic E-state index is 5.57. The van der Waals surface area contributed by atoms with Gasteiger partial charge >= 0.3 is 0 Å². The van der Waals surface area contributed by atoms with E-state index in [1.54, 1.807) is 0 Å². The summed E-state index contributed by atoms with van der Waals surface area (Å²) in [7, 11) is 0. The zero-order valence-corrected chi connectivity index (χ0v) is 8.25. The zero-order valence-electron chi connectivity index (χ0n) is 8.25. The molecule has 2 N–H and O–H groups in total. The fourth-order valence-electron chi connectivity index (χ4n) is 1.25. The lowest BCUT2D eigenvalue weighted by Crippen LogP contribution is -1.92. The molecule has 0 aliphatic carbocycles. The van der Waals surface area contributed by atoms with Gasteiger partial charge in [-0.1, -0.05) is 13.3 Å². The number of hydrogen-bond donors (Lipinski definition) is 1. The molecule has 0 spiro atoms. The van der Waals surface area contributed by atoms with E-state index in [1.807, 2.05) is 25.3 Å². The number of nitrogens with two attached hydrogens (primary N) is 1. The first-order valence-corrected chi connectivity index (χ1v) is 4.61. The van der Waals surface area contributed by atoms with Gasteiger partial charge in [-0.3, -0.25) is 4.98 Å². The molecule has 1 heterocycles. The fourth-order valence-corrected chi connectivity index (χ4v) is 1.25. The molecule has 0 fully saturated rings. The summed E-state index contributed by atoms with van der Waals surface area (Å²) in [6.45, 7) is 4.04. The zero-order chi connectivity index (χ0) is 9.68. The van der Waals surface area contributed by atoms with Crippen molar-refractivity contribution in [2.75, 3.05) is 0 Å². The number of hydrogen-bond acceptors (Lipinski definition) is 2. The van der Waals surface area contributed by atoms with Gasteiger partial charge in [-0.05, 0) is 37.1 Å². The normalized spacial score (nSPS) is 11.7. The number of rotatable bonds is 3. The Hall–Kier alpha value is -1.31. The minimum Gasteiger partial charge on any atom is -0.402 e. The number of aryl methyl sites for hydroxylation is 1. The fraction of sp³-hybridized carbons (Fsp3) is 0.364. The highest BCUT2D eigenvalue weighted by Crippen LogP contribution is 2.06. The summed E-state index contributed by atoms with van der Waals surface area (Å²) in [5, 5.41) is 0. The van der Waals surface area contributed by atoms with Crippen LogP contribution in [0.25, 0.3) is 6.08 Å². The molecular weight excluding hydrogens is 160 g/mol. The van der Waals surface area contributed by atoms with E-state index in [-0.39, 0.29) is 0 Å². The number of allylic oxidation sites excluding steroid dienone is 1. The van der Waals surface area contributed by atoms with E-state index in [0.29, 0.717) is 0 Å². The van der Waals surface area contributed by atoms with Crippen molar-refractivity contribution in [3.63, 3.8) is 0 Å². The van der Waals surface area contributed by atoms with Crippen LogP contribution >= 0.6 is 0 Å². The summed E-state index contributed by atoms with van der Waals surface area (Å²) in [5.41, 5.74) is 8.64. The van der Waals surface area contributed by atoms with E-state index in [1.165, 1.54) is 5.56 Å². The topological polar surface area (TPSA) is 38.9 Å². The van der Waals surface area contributed by atoms with Crippen LogP contribution in [0.2, 0.25) is 0 Å². The highest BCUT2D eigenvalue weighted by Gasteiger charge is 1.93. The van der Waals surface area contributed by atoms with Crippen molar-refractivity contribution >= 4 is 6.08 Å². The summed E-state index contributed by atoms with van der Waals surface area (Å²) in [6.07, 6.45) is 5.99. The van der Waals surface area contributed by atoms with Gasteiger partial charge in [-0.15, -0.1) is 0 Å². The maximum atomic E-state index is 5.57. The number of pyridine rings is 1. The molecule has 0 aliphatic heterocycles. The second-order valence-electron chi connectivity index (χ2n) is 3.23. The lowest BCUT2D eigenvalue weighted by Gasteiger charge is -1.99. The summed E-state index contributed by atoms with van der Waals surface area (Å²) in [4.78, 5) is 4.21. The molecule has 2 heteroatoms. The van der Waals surface area contributed by atoms with Gasteiger partial charge in [-0.25, -0.2) is 0 Å². The Morgan fingerprint density at radius 3 is 3.00 bits per heavy atom. The van der Waals surface area contributed by atoms with Crippen LogP contribution in [0, 0.1) is 0 Å². The van der Waals surface area contributed by atoms with Crippen molar-refractivity contribution < 1.29 is 0 Å². The van der Waals surface area contributed by atoms with Gasteiger partial charge in [0, 0.05) is 11.9 Å². The monoisotopic (exact) mass is 176 g/mol. The Bertz CT molecular complexity index is 299. The van der Waals surface area contributed by atoms with Crippen molar-refractivity contribution in [3.8, 4) is 0 Å². The molecule has 0 radical (unpaired) electrons. The van der Waals surface area contributed by atoms with Gasteiger partial charge in [0.15, 0.2) is 0 Å². The summed E-state index contributed by atoms with van der Waals surface area (Å²) in [5.74, 6) is 0. The molecular formula is C11H16N2. The van der Waals surface area contributed by atoms with E-state index in [0.717, 1.165) is 24.2 Å². The first-order chi connectivity index (χ1) is 6.22. The van der Waals surface area contributed by atoms with E-state index in [9.17, 15) is 0 Å². The van der Waals surface area contributed by atoms with Crippen LogP contribution in [0.1, 0.15) is 31.5 Å². The van der Waals surface area contributed by atoms with Gasteiger partial charge < -0.3 is 5.73 Å². The second-order valence-corrected chi connectivity index (χ2v) is 3.23. The maximum Gasteiger partial charge on any atom is 0.0649 e. The molecule has 0 unspecified atom stereocenters. The Labute approximate surface area is 79.5 Å². The summed E-state index contributed by atoms with van der Waals surface area (Å²) < 4.78 is 0. The molecule has 0 aromatic carbocycles. The molecule has 0 amide bonds. The standard InChI is InChI=1S/C11H16N2/c1-3-4-10-5-6-13-11(8-10)7-9(2)12/h5-8H,3-4,12H2,1-2H3/b9-7-. The third-order valence-electron chi connectivity index (χ3n) is 1.76. The average molecular weight is 176 g/mol. The second kappa shape index (κ2) is 4.65. The third kappa shape index (κ3) is 3.28. The van der Waals surface area contributed by atoms with Gasteiger partial charge in [0.2, 0.25) is 0 Å². The molecule has 0 atom stereocenters. The van der Waals surface area contributed by atoms with Crippen LogP contribution in [-0.2, 0) is 6.42 Å². The molecule has 1 aromatic heterocycles. The van der Waals surface area contributed by atoms with E-state index in [2.05, 4.69) is 18.0 Å². The van der Waals surface area contributed by atoms with Crippen LogP contribution in [0.3, 0.4) is 0 Å². The lowest BCUT2D eigenvalue weighted by atomic mass is 10.1. The van der Waals surface area contributed by atoms with Crippen molar-refractivity contribution in [2.45, 2.75) is 26.7 Å². The predicted molar refractivity (Wildman–Crippen MR) is 56.1 cm³/mol. The minimum absolute atomic E-state index is 0.793. The lowest BCUT2D eigenvalue weighted by molar-refractivity contribution is 0.917. The molecule has 0 aliphatic rings. The van der Waals surface area contributed by atoms with Gasteiger partial charge in [0.05, 0.1) is 5.69 Å². The highest BCUT2D eigenvalue weighted by molar-refractivity contribution is 5.48. The number of nitrogens with zero attached hydrogens (tertiary/aromatic N) is 1. The molecule has 2 nitrogen and oxygen atoms in total. The Balaban J connectivity index is 2.85. The Kier molecular flexibility index (Phi) is 3.50. The third-order valence-corrected chi connectivity index (χ3v) is 1.76. The molecule has 70 valence electrons. The highest BCUT2D eigenvalue weighted by atomic mass is 14.7. The Morgan fingerprint density at radius 2 is 2.38 bits per heavy atom. The van der Waals surface area contributed by atoms with Crippen molar-refractivity contribution in [1.29, 1.82) is 0 Å². The van der Waals surface area contributed by atoms with Gasteiger partial charge in [-0.2, -0.15) is 0 Å². The van der Waals surface area contributed by atoms with Gasteiger partial charge in [0.25, 0.3) is 0 Å². The molecule has 1 aromatic rings. The minimum atomic E-state index is 0.793. The Morgan fingerprint density at radius 1 is 1.62 bits per heavy atom. The van der Waals surface area contributed by atoms with Crippen LogP contribution in [0.4, 0.5) is 0 Å². The van der Waals surface area contributed by atoms with Crippen molar-refractivity contribution in [2.24, 2.45) is 5.73 Å². The van der Waals surface area contributed by atoms with Crippen molar-refractivity contribution in [1.82, 2.24) is 4.98 Å². The van der Waals surface area contributed by atoms with E-state index >= 15 is 0 Å². The van der Waals surface area contributed by atoms with E-state index in [4.69, 9.17) is 5.73 Å². The number of aromatic nitrogens is 1. The van der Waals surface area contributed by atoms with Crippen LogP contribution < -0.4 is 5.73 Å². The van der Waals surface area contributed by atoms with Crippen LogP contribution in [-0.4, -0.2) is 4.98 Å². The van der Waals surface area contributed by atoms with E-state index < -0.39 is 0 Å². The molecule has 0 saturated carbocycles. The average Bonchev–Trinajstić information content (AvgIpc) is 2.04. The van der Waals surface area contributed by atoms with Crippen LogP contribution in [0.15, 0.2) is 24.0 Å². The first kappa shape index (κ1) is 9.78. The SMILES string of the molecule is CCCc1ccnc(/C=C(/C)N)c1. The summed E-state index contributed by atoms with van der Waals surface area (Å²) >= 11 is 0. The molecule has 0 saturated heterocycles.